The fourth-order valence-electron chi connectivity index (χ4n) is 4.54. The molecule has 11 heteroatoms. The molecule has 1 unspecified atom stereocenters. The second-order valence-electron chi connectivity index (χ2n) is 8.71. The van der Waals surface area contributed by atoms with Gasteiger partial charge < -0.3 is 15.0 Å². The molecule has 5 rings (SSSR count). The lowest BCUT2D eigenvalue weighted by Gasteiger charge is -2.31. The van der Waals surface area contributed by atoms with E-state index in [2.05, 4.69) is 5.32 Å². The van der Waals surface area contributed by atoms with E-state index in [0.717, 1.165) is 0 Å². The number of rotatable bonds is 4. The molecule has 1 fully saturated rings. The molecule has 0 saturated carbocycles. The summed E-state index contributed by atoms with van der Waals surface area (Å²) in [5, 5.41) is 2.69. The first-order valence-corrected chi connectivity index (χ1v) is 13.0. The smallest absolute Gasteiger partial charge is 0.255 e. The summed E-state index contributed by atoms with van der Waals surface area (Å²) >= 11 is 0. The predicted molar refractivity (Wildman–Crippen MR) is 130 cm³/mol. The average Bonchev–Trinajstić information content (AvgIpc) is 3.05. The van der Waals surface area contributed by atoms with Crippen LogP contribution in [-0.4, -0.2) is 62.3 Å². The molecule has 37 heavy (non-hydrogen) atoms. The van der Waals surface area contributed by atoms with Crippen LogP contribution in [0.15, 0.2) is 71.6 Å². The van der Waals surface area contributed by atoms with E-state index < -0.39 is 39.5 Å². The Balaban J connectivity index is 1.53. The molecule has 192 valence electrons. The number of ether oxygens (including phenoxy) is 1. The highest BCUT2D eigenvalue weighted by Gasteiger charge is 2.35. The Labute approximate surface area is 212 Å². The fraction of sp³-hybridized carbons (Fsp3) is 0.231. The number of anilines is 1. The zero-order chi connectivity index (χ0) is 26.2. The molecule has 0 bridgehead atoms. The van der Waals surface area contributed by atoms with Crippen molar-refractivity contribution >= 4 is 27.5 Å². The summed E-state index contributed by atoms with van der Waals surface area (Å²) in [6, 6.07) is 13.8. The predicted octanol–water partition coefficient (Wildman–Crippen LogP) is 3.17. The fourth-order valence-corrected chi connectivity index (χ4v) is 5.95. The van der Waals surface area contributed by atoms with Crippen LogP contribution in [0.3, 0.4) is 0 Å². The van der Waals surface area contributed by atoms with Crippen molar-refractivity contribution in [2.45, 2.75) is 10.9 Å². The van der Waals surface area contributed by atoms with E-state index in [0.29, 0.717) is 30.0 Å². The monoisotopic (exact) mass is 527 g/mol. The molecule has 2 heterocycles. The van der Waals surface area contributed by atoms with Gasteiger partial charge in [0.25, 0.3) is 5.91 Å². The van der Waals surface area contributed by atoms with Crippen molar-refractivity contribution in [2.24, 2.45) is 0 Å². The Kier molecular flexibility index (Phi) is 6.76. The minimum atomic E-state index is -3.76. The summed E-state index contributed by atoms with van der Waals surface area (Å²) < 4.78 is 60.4. The first kappa shape index (κ1) is 25.0. The molecule has 1 atom stereocenters. The zero-order valence-electron chi connectivity index (χ0n) is 19.6. The number of hydrogen-bond donors (Lipinski definition) is 1. The van der Waals surface area contributed by atoms with Gasteiger partial charge in [0.1, 0.15) is 18.2 Å². The second-order valence-corrected chi connectivity index (χ2v) is 10.6. The SMILES string of the molecule is O=C1CN(C(=O)c2ccc(S(=O)(=O)N3CCOCC3)cc2)C(c2ccc(F)cc2)c2cc(F)ccc2N1. The number of fused-ring (bicyclic) bond motifs is 1. The van der Waals surface area contributed by atoms with Crippen molar-refractivity contribution in [3.8, 4) is 0 Å². The van der Waals surface area contributed by atoms with Crippen LogP contribution in [0.1, 0.15) is 27.5 Å². The van der Waals surface area contributed by atoms with Crippen LogP contribution in [0.2, 0.25) is 0 Å². The third kappa shape index (κ3) is 4.97. The third-order valence-electron chi connectivity index (χ3n) is 6.36. The van der Waals surface area contributed by atoms with E-state index in [-0.39, 0.29) is 30.1 Å². The van der Waals surface area contributed by atoms with Gasteiger partial charge in [-0.25, -0.2) is 17.2 Å². The first-order chi connectivity index (χ1) is 17.7. The maximum absolute atomic E-state index is 14.3. The van der Waals surface area contributed by atoms with Crippen molar-refractivity contribution in [3.63, 3.8) is 0 Å². The highest BCUT2D eigenvalue weighted by atomic mass is 32.2. The van der Waals surface area contributed by atoms with Gasteiger partial charge >= 0.3 is 0 Å². The zero-order valence-corrected chi connectivity index (χ0v) is 20.4. The van der Waals surface area contributed by atoms with Crippen molar-refractivity contribution in [3.05, 3.63) is 95.1 Å². The standard InChI is InChI=1S/C26H23F2N3O5S/c27-19-5-1-17(2-6-19)25-22-15-20(28)7-10-23(22)29-24(32)16-31(25)26(33)18-3-8-21(9-4-18)37(34,35)30-11-13-36-14-12-30/h1-10,15,25H,11-14,16H2,(H,29,32). The molecular weight excluding hydrogens is 504 g/mol. The molecule has 1 N–H and O–H groups in total. The van der Waals surface area contributed by atoms with E-state index in [9.17, 15) is 26.8 Å². The largest absolute Gasteiger partial charge is 0.379 e. The number of carbonyl (C=O) groups is 2. The van der Waals surface area contributed by atoms with E-state index >= 15 is 0 Å². The number of carbonyl (C=O) groups excluding carboxylic acids is 2. The number of morpholine rings is 1. The lowest BCUT2D eigenvalue weighted by molar-refractivity contribution is -0.117. The summed E-state index contributed by atoms with van der Waals surface area (Å²) in [6.45, 7) is 0.729. The number of benzene rings is 3. The van der Waals surface area contributed by atoms with Crippen molar-refractivity contribution in [1.82, 2.24) is 9.21 Å². The Hall–Kier alpha value is -3.67. The molecule has 0 spiro atoms. The second kappa shape index (κ2) is 10.0. The lowest BCUT2D eigenvalue weighted by atomic mass is 9.95. The molecular formula is C26H23F2N3O5S. The van der Waals surface area contributed by atoms with Gasteiger partial charge in [0.2, 0.25) is 15.9 Å². The Bertz CT molecular complexity index is 1440. The number of nitrogens with zero attached hydrogens (tertiary/aromatic N) is 2. The van der Waals surface area contributed by atoms with Crippen LogP contribution >= 0.6 is 0 Å². The van der Waals surface area contributed by atoms with Crippen LogP contribution in [0, 0.1) is 11.6 Å². The summed E-state index contributed by atoms with van der Waals surface area (Å²) in [6.07, 6.45) is 0. The quantitative estimate of drug-likeness (QED) is 0.563. The van der Waals surface area contributed by atoms with Crippen LogP contribution < -0.4 is 5.32 Å². The van der Waals surface area contributed by atoms with Crippen LogP contribution in [-0.2, 0) is 19.6 Å². The van der Waals surface area contributed by atoms with Crippen molar-refractivity contribution in [2.75, 3.05) is 38.2 Å². The van der Waals surface area contributed by atoms with Gasteiger partial charge in [-0.1, -0.05) is 12.1 Å². The van der Waals surface area contributed by atoms with E-state index in [4.69, 9.17) is 4.74 Å². The van der Waals surface area contributed by atoms with Gasteiger partial charge in [0.05, 0.1) is 24.2 Å². The van der Waals surface area contributed by atoms with E-state index in [1.807, 2.05) is 0 Å². The minimum absolute atomic E-state index is 0.0297. The number of hydrogen-bond acceptors (Lipinski definition) is 5. The van der Waals surface area contributed by atoms with Gasteiger partial charge in [0.15, 0.2) is 0 Å². The highest BCUT2D eigenvalue weighted by Crippen LogP contribution is 2.37. The minimum Gasteiger partial charge on any atom is -0.379 e. The summed E-state index contributed by atoms with van der Waals surface area (Å²) in [5.74, 6) is -2.11. The van der Waals surface area contributed by atoms with Gasteiger partial charge in [0, 0.05) is 29.9 Å². The maximum atomic E-state index is 14.3. The van der Waals surface area contributed by atoms with Gasteiger partial charge in [-0.15, -0.1) is 0 Å². The van der Waals surface area contributed by atoms with Crippen LogP contribution in [0.5, 0.6) is 0 Å². The van der Waals surface area contributed by atoms with Crippen LogP contribution in [0.25, 0.3) is 0 Å². The van der Waals surface area contributed by atoms with Gasteiger partial charge in [-0.3, -0.25) is 9.59 Å². The van der Waals surface area contributed by atoms with Gasteiger partial charge in [-0.2, -0.15) is 4.31 Å². The maximum Gasteiger partial charge on any atom is 0.255 e. The number of amides is 2. The molecule has 0 aromatic heterocycles. The molecule has 3 aromatic rings. The summed E-state index contributed by atoms with van der Waals surface area (Å²) in [5.41, 5.74) is 1.28. The topological polar surface area (TPSA) is 96.0 Å². The number of sulfonamides is 1. The molecule has 2 aliphatic heterocycles. The molecule has 3 aromatic carbocycles. The summed E-state index contributed by atoms with van der Waals surface area (Å²) in [4.78, 5) is 27.7. The van der Waals surface area contributed by atoms with Crippen LogP contribution in [0.4, 0.5) is 14.5 Å². The molecule has 0 aliphatic carbocycles. The third-order valence-corrected chi connectivity index (χ3v) is 8.28. The molecule has 1 saturated heterocycles. The van der Waals surface area contributed by atoms with Crippen molar-refractivity contribution in [1.29, 1.82) is 0 Å². The van der Waals surface area contributed by atoms with Gasteiger partial charge in [-0.05, 0) is 60.2 Å². The Morgan fingerprint density at radius 1 is 0.919 bits per heavy atom. The average molecular weight is 528 g/mol. The number of halogens is 2. The highest BCUT2D eigenvalue weighted by molar-refractivity contribution is 7.89. The Morgan fingerprint density at radius 3 is 2.24 bits per heavy atom. The molecule has 8 nitrogen and oxygen atoms in total. The van der Waals surface area contributed by atoms with E-state index in [1.165, 1.54) is 75.9 Å². The lowest BCUT2D eigenvalue weighted by Crippen LogP contribution is -2.40. The first-order valence-electron chi connectivity index (χ1n) is 11.6. The Morgan fingerprint density at radius 2 is 1.57 bits per heavy atom. The molecule has 2 aliphatic rings. The molecule has 2 amide bonds. The van der Waals surface area contributed by atoms with E-state index in [1.54, 1.807) is 0 Å². The number of nitrogens with one attached hydrogen (secondary N) is 1. The summed E-state index contributed by atoms with van der Waals surface area (Å²) in [7, 11) is -3.76. The normalized spacial score (nSPS) is 18.6. The van der Waals surface area contributed by atoms with Crippen molar-refractivity contribution < 1.29 is 31.5 Å². The molecule has 0 radical (unpaired) electrons.